The van der Waals surface area contributed by atoms with Crippen LogP contribution in [0.5, 0.6) is 0 Å². The van der Waals surface area contributed by atoms with Gasteiger partial charge in [0.15, 0.2) is 11.5 Å². The number of aryl methyl sites for hydroxylation is 2. The van der Waals surface area contributed by atoms with Crippen molar-refractivity contribution in [2.45, 2.75) is 72.6 Å². The molecule has 1 aliphatic carbocycles. The zero-order chi connectivity index (χ0) is 26.3. The number of hydrogen-bond acceptors (Lipinski definition) is 4. The van der Waals surface area contributed by atoms with Gasteiger partial charge in [-0.1, -0.05) is 26.0 Å². The van der Waals surface area contributed by atoms with Gasteiger partial charge in [-0.15, -0.1) is 0 Å². The molecule has 4 aromatic rings. The fraction of sp³-hybridized carbons (Fsp3) is 0.375. The molecule has 0 unspecified atom stereocenters. The van der Waals surface area contributed by atoms with Crippen LogP contribution in [-0.4, -0.2) is 16.5 Å². The van der Waals surface area contributed by atoms with E-state index in [-0.39, 0.29) is 5.82 Å². The third-order valence-corrected chi connectivity index (χ3v) is 7.42. The first-order chi connectivity index (χ1) is 17.7. The van der Waals surface area contributed by atoms with Crippen molar-refractivity contribution < 1.29 is 8.81 Å². The lowest BCUT2D eigenvalue weighted by Gasteiger charge is -2.15. The Hall–Kier alpha value is -3.47. The number of hydrogen-bond donors (Lipinski definition) is 1. The molecule has 2 heterocycles. The van der Waals surface area contributed by atoms with Crippen LogP contribution in [0.3, 0.4) is 0 Å². The molecule has 0 radical (unpaired) electrons. The van der Waals surface area contributed by atoms with E-state index in [2.05, 4.69) is 57.3 Å². The summed E-state index contributed by atoms with van der Waals surface area (Å²) in [5.74, 6) is 1.46. The van der Waals surface area contributed by atoms with E-state index in [1.54, 1.807) is 6.07 Å². The molecule has 0 atom stereocenters. The summed E-state index contributed by atoms with van der Waals surface area (Å²) in [6, 6.07) is 11.7. The summed E-state index contributed by atoms with van der Waals surface area (Å²) in [5, 5.41) is 3.58. The van der Waals surface area contributed by atoms with Crippen molar-refractivity contribution in [1.29, 1.82) is 0 Å². The van der Waals surface area contributed by atoms with E-state index in [0.717, 1.165) is 68.3 Å². The number of oxazole rings is 1. The second-order valence-electron chi connectivity index (χ2n) is 10.6. The van der Waals surface area contributed by atoms with E-state index in [1.165, 1.54) is 12.8 Å². The van der Waals surface area contributed by atoms with Crippen LogP contribution in [0, 0.1) is 26.6 Å². The molecule has 2 aromatic carbocycles. The van der Waals surface area contributed by atoms with Crippen LogP contribution < -0.4 is 5.32 Å². The Balaban J connectivity index is 1.35. The first-order valence-electron chi connectivity index (χ1n) is 13.3. The zero-order valence-corrected chi connectivity index (χ0v) is 22.7. The van der Waals surface area contributed by atoms with Crippen molar-refractivity contribution in [2.24, 2.45) is 0 Å². The molecule has 0 bridgehead atoms. The Kier molecular flexibility index (Phi) is 6.89. The number of rotatable bonds is 8. The Morgan fingerprint density at radius 2 is 1.86 bits per heavy atom. The summed E-state index contributed by atoms with van der Waals surface area (Å²) < 4.78 is 21.0. The van der Waals surface area contributed by atoms with Crippen LogP contribution in [-0.2, 0) is 6.42 Å². The molecule has 5 rings (SSSR count). The molecule has 0 saturated heterocycles. The Morgan fingerprint density at radius 3 is 2.57 bits per heavy atom. The van der Waals surface area contributed by atoms with Gasteiger partial charge in [-0.2, -0.15) is 0 Å². The molecule has 4 nitrogen and oxygen atoms in total. The summed E-state index contributed by atoms with van der Waals surface area (Å²) in [6.45, 7) is 13.2. The predicted molar refractivity (Wildman–Crippen MR) is 149 cm³/mol. The molecule has 1 fully saturated rings. The van der Waals surface area contributed by atoms with E-state index >= 15 is 0 Å². The molecule has 5 heteroatoms. The summed E-state index contributed by atoms with van der Waals surface area (Å²) >= 11 is 0. The lowest BCUT2D eigenvalue weighted by Crippen LogP contribution is -2.17. The molecule has 1 saturated carbocycles. The largest absolute Gasteiger partial charge is 0.440 e. The maximum Gasteiger partial charge on any atom is 0.198 e. The smallest absolute Gasteiger partial charge is 0.198 e. The number of nitrogens with zero attached hydrogens (tertiary/aromatic N) is 2. The lowest BCUT2D eigenvalue weighted by molar-refractivity contribution is 0.533. The van der Waals surface area contributed by atoms with E-state index < -0.39 is 0 Å². The number of nitrogens with one attached hydrogen (secondary N) is 1. The fourth-order valence-corrected chi connectivity index (χ4v) is 4.85. The van der Waals surface area contributed by atoms with Crippen molar-refractivity contribution in [3.05, 3.63) is 87.7 Å². The highest BCUT2D eigenvalue weighted by atomic mass is 19.1. The van der Waals surface area contributed by atoms with Crippen molar-refractivity contribution in [2.75, 3.05) is 6.54 Å². The molecule has 2 aromatic heterocycles. The minimum absolute atomic E-state index is 0.228. The number of pyridine rings is 1. The number of fused-ring (bicyclic) bond motifs is 1. The monoisotopic (exact) mass is 497 g/mol. The Labute approximate surface area is 219 Å². The second-order valence-corrected chi connectivity index (χ2v) is 10.6. The van der Waals surface area contributed by atoms with Gasteiger partial charge in [0.1, 0.15) is 11.3 Å². The molecule has 37 heavy (non-hydrogen) atoms. The van der Waals surface area contributed by atoms with E-state index in [0.29, 0.717) is 23.9 Å². The Bertz CT molecular complexity index is 1490. The standard InChI is InChI=1S/C32H36FN3O/c1-7-28(24-14-20(5)30-29(17-24)37-32(36-30)22-8-9-22)34-13-12-25-15-19(4)21(6)31(35-25)26-16-23(18(2)3)10-11-27(26)33/h7,10-11,14-18,22,34H,8-9,12-13H2,1-6H3. The van der Waals surface area contributed by atoms with Crippen LogP contribution in [0.25, 0.3) is 28.1 Å². The summed E-state index contributed by atoms with van der Waals surface area (Å²) in [4.78, 5) is 9.65. The second kappa shape index (κ2) is 10.1. The van der Waals surface area contributed by atoms with Gasteiger partial charge in [0.25, 0.3) is 0 Å². The van der Waals surface area contributed by atoms with Gasteiger partial charge in [0.2, 0.25) is 0 Å². The molecular weight excluding hydrogens is 461 g/mol. The van der Waals surface area contributed by atoms with E-state index in [9.17, 15) is 4.39 Å². The minimum Gasteiger partial charge on any atom is -0.440 e. The zero-order valence-electron chi connectivity index (χ0n) is 22.7. The average molecular weight is 498 g/mol. The van der Waals surface area contributed by atoms with Gasteiger partial charge in [0.05, 0.1) is 5.69 Å². The topological polar surface area (TPSA) is 51.0 Å². The maximum absolute atomic E-state index is 14.9. The molecule has 0 spiro atoms. The van der Waals surface area contributed by atoms with Crippen LogP contribution in [0.4, 0.5) is 4.39 Å². The highest BCUT2D eigenvalue weighted by Gasteiger charge is 2.29. The number of allylic oxidation sites excluding steroid dienone is 1. The van der Waals surface area contributed by atoms with Crippen LogP contribution in [0.15, 0.2) is 46.9 Å². The molecule has 192 valence electrons. The molecule has 1 aliphatic rings. The fourth-order valence-electron chi connectivity index (χ4n) is 4.85. The summed E-state index contributed by atoms with van der Waals surface area (Å²) in [7, 11) is 0. The summed E-state index contributed by atoms with van der Waals surface area (Å²) in [6.07, 6.45) is 5.16. The third-order valence-electron chi connectivity index (χ3n) is 7.42. The van der Waals surface area contributed by atoms with Crippen molar-refractivity contribution in [3.8, 4) is 11.3 Å². The van der Waals surface area contributed by atoms with Gasteiger partial charge in [0, 0.05) is 41.4 Å². The molecular formula is C32H36FN3O. The van der Waals surface area contributed by atoms with Gasteiger partial charge >= 0.3 is 0 Å². The first-order valence-corrected chi connectivity index (χ1v) is 13.3. The first kappa shape index (κ1) is 25.2. The van der Waals surface area contributed by atoms with Gasteiger partial charge in [-0.25, -0.2) is 9.37 Å². The highest BCUT2D eigenvalue weighted by molar-refractivity contribution is 5.82. The Morgan fingerprint density at radius 1 is 1.08 bits per heavy atom. The van der Waals surface area contributed by atoms with Gasteiger partial charge in [-0.05, 0) is 99.0 Å². The third kappa shape index (κ3) is 5.18. The SMILES string of the molecule is CC=C(NCCc1cc(C)c(C)c(-c2cc(C(C)C)ccc2F)n1)c1cc(C)c2nc(C3CC3)oc2c1. The number of halogens is 1. The minimum atomic E-state index is -0.228. The average Bonchev–Trinajstić information content (AvgIpc) is 3.63. The number of benzene rings is 2. The quantitative estimate of drug-likeness (QED) is 0.267. The molecule has 1 N–H and O–H groups in total. The highest BCUT2D eigenvalue weighted by Crippen LogP contribution is 2.41. The van der Waals surface area contributed by atoms with E-state index in [4.69, 9.17) is 14.4 Å². The molecule has 0 amide bonds. The van der Waals surface area contributed by atoms with Crippen molar-refractivity contribution in [3.63, 3.8) is 0 Å². The van der Waals surface area contributed by atoms with Gasteiger partial charge < -0.3 is 9.73 Å². The van der Waals surface area contributed by atoms with Crippen molar-refractivity contribution in [1.82, 2.24) is 15.3 Å². The lowest BCUT2D eigenvalue weighted by atomic mass is 9.96. The molecule has 0 aliphatic heterocycles. The normalized spacial score (nSPS) is 14.1. The van der Waals surface area contributed by atoms with Crippen LogP contribution in [0.2, 0.25) is 0 Å². The van der Waals surface area contributed by atoms with Crippen molar-refractivity contribution >= 4 is 16.8 Å². The van der Waals surface area contributed by atoms with Gasteiger partial charge in [-0.3, -0.25) is 4.98 Å². The summed E-state index contributed by atoms with van der Waals surface area (Å²) in [5.41, 5.74) is 10.6. The van der Waals surface area contributed by atoms with Crippen LogP contribution >= 0.6 is 0 Å². The predicted octanol–water partition coefficient (Wildman–Crippen LogP) is 8.15. The maximum atomic E-state index is 14.9. The number of aromatic nitrogens is 2. The van der Waals surface area contributed by atoms with E-state index in [1.807, 2.05) is 26.0 Å². The van der Waals surface area contributed by atoms with Crippen LogP contribution in [0.1, 0.15) is 84.9 Å².